The average molecular weight is 464 g/mol. The Hall–Kier alpha value is -3.56. The number of nitrogens with zero attached hydrogens (tertiary/aromatic N) is 4. The number of nitro benzene ring substituents is 1. The molecular weight excluding hydrogens is 434 g/mol. The second-order valence-electron chi connectivity index (χ2n) is 8.51. The van der Waals surface area contributed by atoms with Gasteiger partial charge in [-0.2, -0.15) is 5.10 Å². The molecule has 9 nitrogen and oxygen atoms in total. The Bertz CT molecular complexity index is 1120. The second kappa shape index (κ2) is 10.6. The maximum Gasteiger partial charge on any atom is 0.269 e. The molecule has 1 fully saturated rings. The van der Waals surface area contributed by atoms with Crippen molar-refractivity contribution in [3.63, 3.8) is 0 Å². The summed E-state index contributed by atoms with van der Waals surface area (Å²) in [5.74, 6) is -0.0941. The zero-order chi connectivity index (χ0) is 24.1. The van der Waals surface area contributed by atoms with E-state index in [2.05, 4.69) is 17.1 Å². The Morgan fingerprint density at radius 1 is 1.12 bits per heavy atom. The van der Waals surface area contributed by atoms with Crippen LogP contribution >= 0.6 is 0 Å². The number of rotatable bonds is 8. The molecule has 0 saturated carbocycles. The molecule has 178 valence electrons. The molecule has 4 rings (SSSR count). The standard InChI is InChI=1S/C25H29N5O4/c1-18(19(2)28-12-14-34-15-13-28)26-24(31)16-21-17-29(22-6-4-3-5-7-22)27-25(21)20-8-10-23(11-9-20)30(32)33/h3-11,17-19H,12-16H2,1-2H3,(H,26,31). The van der Waals surface area contributed by atoms with Gasteiger partial charge in [0.25, 0.3) is 5.69 Å². The Morgan fingerprint density at radius 3 is 2.44 bits per heavy atom. The van der Waals surface area contributed by atoms with E-state index in [9.17, 15) is 14.9 Å². The van der Waals surface area contributed by atoms with Gasteiger partial charge in [-0.15, -0.1) is 0 Å². The van der Waals surface area contributed by atoms with Crippen LogP contribution in [-0.2, 0) is 16.0 Å². The minimum absolute atomic E-state index is 0.0106. The monoisotopic (exact) mass is 463 g/mol. The molecule has 0 aliphatic carbocycles. The van der Waals surface area contributed by atoms with Gasteiger partial charge in [-0.1, -0.05) is 18.2 Å². The van der Waals surface area contributed by atoms with Gasteiger partial charge in [0.2, 0.25) is 5.91 Å². The van der Waals surface area contributed by atoms with Crippen LogP contribution in [0.3, 0.4) is 0 Å². The normalized spacial score (nSPS) is 16.1. The highest BCUT2D eigenvalue weighted by Crippen LogP contribution is 2.26. The maximum atomic E-state index is 13.0. The van der Waals surface area contributed by atoms with E-state index >= 15 is 0 Å². The lowest BCUT2D eigenvalue weighted by molar-refractivity contribution is -0.384. The predicted octanol–water partition coefficient (Wildman–Crippen LogP) is 3.22. The summed E-state index contributed by atoms with van der Waals surface area (Å²) in [7, 11) is 0. The maximum absolute atomic E-state index is 13.0. The first-order chi connectivity index (χ1) is 16.4. The fraction of sp³-hybridized carbons (Fsp3) is 0.360. The number of para-hydroxylation sites is 1. The van der Waals surface area contributed by atoms with E-state index in [1.807, 2.05) is 43.5 Å². The summed E-state index contributed by atoms with van der Waals surface area (Å²) >= 11 is 0. The summed E-state index contributed by atoms with van der Waals surface area (Å²) in [5.41, 5.74) is 2.98. The Labute approximate surface area is 198 Å². The number of non-ortho nitro benzene ring substituents is 1. The number of hydrogen-bond donors (Lipinski definition) is 1. The van der Waals surface area contributed by atoms with Gasteiger partial charge in [0.15, 0.2) is 0 Å². The van der Waals surface area contributed by atoms with Gasteiger partial charge in [-0.3, -0.25) is 19.8 Å². The Morgan fingerprint density at radius 2 is 1.79 bits per heavy atom. The number of ether oxygens (including phenoxy) is 1. The third-order valence-electron chi connectivity index (χ3n) is 6.25. The molecule has 2 atom stereocenters. The number of hydrogen-bond acceptors (Lipinski definition) is 6. The molecule has 0 radical (unpaired) electrons. The van der Waals surface area contributed by atoms with E-state index in [0.29, 0.717) is 18.9 Å². The zero-order valence-electron chi connectivity index (χ0n) is 19.4. The molecular formula is C25H29N5O4. The molecule has 0 spiro atoms. The number of benzene rings is 2. The number of carbonyl (C=O) groups excluding carboxylic acids is 1. The predicted molar refractivity (Wildman–Crippen MR) is 129 cm³/mol. The lowest BCUT2D eigenvalue weighted by Gasteiger charge is -2.35. The van der Waals surface area contributed by atoms with Crippen molar-refractivity contribution in [2.75, 3.05) is 26.3 Å². The van der Waals surface area contributed by atoms with E-state index < -0.39 is 4.92 Å². The number of carbonyl (C=O) groups is 1. The van der Waals surface area contributed by atoms with Gasteiger partial charge in [-0.05, 0) is 38.1 Å². The van der Waals surface area contributed by atoms with E-state index in [-0.39, 0.29) is 30.1 Å². The van der Waals surface area contributed by atoms with Gasteiger partial charge >= 0.3 is 0 Å². The van der Waals surface area contributed by atoms with Crippen molar-refractivity contribution in [3.8, 4) is 16.9 Å². The van der Waals surface area contributed by atoms with Crippen LogP contribution < -0.4 is 5.32 Å². The molecule has 1 aromatic heterocycles. The molecule has 34 heavy (non-hydrogen) atoms. The van der Waals surface area contributed by atoms with Crippen LogP contribution in [0.15, 0.2) is 60.8 Å². The van der Waals surface area contributed by atoms with Crippen molar-refractivity contribution in [2.24, 2.45) is 0 Å². The van der Waals surface area contributed by atoms with Crippen LogP contribution in [0.25, 0.3) is 16.9 Å². The first-order valence-electron chi connectivity index (χ1n) is 11.4. The molecule has 1 saturated heterocycles. The van der Waals surface area contributed by atoms with Crippen LogP contribution in [-0.4, -0.2) is 63.9 Å². The SMILES string of the molecule is CC(NC(=O)Cc1cn(-c2ccccc2)nc1-c1ccc([N+](=O)[O-])cc1)C(C)N1CCOCC1. The molecule has 1 amide bonds. The second-order valence-corrected chi connectivity index (χ2v) is 8.51. The largest absolute Gasteiger partial charge is 0.379 e. The molecule has 1 aliphatic rings. The van der Waals surface area contributed by atoms with Gasteiger partial charge < -0.3 is 10.1 Å². The summed E-state index contributed by atoms with van der Waals surface area (Å²) in [6.07, 6.45) is 2.00. The van der Waals surface area contributed by atoms with E-state index in [4.69, 9.17) is 9.84 Å². The van der Waals surface area contributed by atoms with Crippen molar-refractivity contribution >= 4 is 11.6 Å². The third-order valence-corrected chi connectivity index (χ3v) is 6.25. The molecule has 3 aromatic rings. The summed E-state index contributed by atoms with van der Waals surface area (Å²) in [6, 6.07) is 16.0. The van der Waals surface area contributed by atoms with Crippen molar-refractivity contribution in [1.82, 2.24) is 20.0 Å². The van der Waals surface area contributed by atoms with E-state index in [1.54, 1.807) is 16.8 Å². The topological polar surface area (TPSA) is 103 Å². The zero-order valence-corrected chi connectivity index (χ0v) is 19.4. The van der Waals surface area contributed by atoms with Crippen LogP contribution in [0.2, 0.25) is 0 Å². The van der Waals surface area contributed by atoms with Gasteiger partial charge in [0, 0.05) is 54.6 Å². The molecule has 9 heteroatoms. The average Bonchev–Trinajstić information content (AvgIpc) is 3.28. The van der Waals surface area contributed by atoms with Crippen molar-refractivity contribution in [2.45, 2.75) is 32.4 Å². The lowest BCUT2D eigenvalue weighted by Crippen LogP contribution is -2.52. The van der Waals surface area contributed by atoms with Crippen LogP contribution in [0.1, 0.15) is 19.4 Å². The van der Waals surface area contributed by atoms with E-state index in [1.165, 1.54) is 12.1 Å². The van der Waals surface area contributed by atoms with Crippen LogP contribution in [0.4, 0.5) is 5.69 Å². The lowest BCUT2D eigenvalue weighted by atomic mass is 10.0. The number of nitrogens with one attached hydrogen (secondary N) is 1. The van der Waals surface area contributed by atoms with Gasteiger partial charge in [0.1, 0.15) is 0 Å². The molecule has 0 bridgehead atoms. The number of aromatic nitrogens is 2. The first-order valence-corrected chi connectivity index (χ1v) is 11.4. The first kappa shape index (κ1) is 23.6. The van der Waals surface area contributed by atoms with Crippen LogP contribution in [0, 0.1) is 10.1 Å². The molecule has 2 heterocycles. The minimum Gasteiger partial charge on any atom is -0.379 e. The Kier molecular flexibility index (Phi) is 7.34. The summed E-state index contributed by atoms with van der Waals surface area (Å²) in [4.78, 5) is 25.9. The number of morpholine rings is 1. The highest BCUT2D eigenvalue weighted by Gasteiger charge is 2.24. The quantitative estimate of drug-likeness (QED) is 0.407. The molecule has 2 unspecified atom stereocenters. The van der Waals surface area contributed by atoms with Crippen molar-refractivity contribution in [3.05, 3.63) is 76.5 Å². The highest BCUT2D eigenvalue weighted by molar-refractivity contribution is 5.81. The summed E-state index contributed by atoms with van der Waals surface area (Å²) in [6.45, 7) is 7.27. The van der Waals surface area contributed by atoms with Crippen LogP contribution in [0.5, 0.6) is 0 Å². The van der Waals surface area contributed by atoms with E-state index in [0.717, 1.165) is 29.9 Å². The highest BCUT2D eigenvalue weighted by atomic mass is 16.6. The Balaban J connectivity index is 1.55. The fourth-order valence-corrected chi connectivity index (χ4v) is 4.14. The van der Waals surface area contributed by atoms with Crippen molar-refractivity contribution < 1.29 is 14.5 Å². The number of nitro groups is 1. The smallest absolute Gasteiger partial charge is 0.269 e. The third kappa shape index (κ3) is 5.49. The fourth-order valence-electron chi connectivity index (χ4n) is 4.14. The molecule has 1 aliphatic heterocycles. The summed E-state index contributed by atoms with van der Waals surface area (Å²) in [5, 5.41) is 18.9. The molecule has 2 aromatic carbocycles. The molecule has 1 N–H and O–H groups in total. The van der Waals surface area contributed by atoms with Gasteiger partial charge in [0.05, 0.1) is 35.9 Å². The minimum atomic E-state index is -0.433. The van der Waals surface area contributed by atoms with Gasteiger partial charge in [-0.25, -0.2) is 4.68 Å². The number of amides is 1. The van der Waals surface area contributed by atoms with Crippen molar-refractivity contribution in [1.29, 1.82) is 0 Å². The summed E-state index contributed by atoms with van der Waals surface area (Å²) < 4.78 is 7.16.